The van der Waals surface area contributed by atoms with Gasteiger partial charge in [0.1, 0.15) is 0 Å². The lowest BCUT2D eigenvalue weighted by molar-refractivity contribution is -0.116. The van der Waals surface area contributed by atoms with Crippen molar-refractivity contribution in [3.05, 3.63) is 24.3 Å². The van der Waals surface area contributed by atoms with Gasteiger partial charge in [-0.15, -0.1) is 0 Å². The topological polar surface area (TPSA) is 63.2 Å². The molecule has 0 aliphatic carbocycles. The van der Waals surface area contributed by atoms with Gasteiger partial charge in [0.15, 0.2) is 9.84 Å². The number of benzene rings is 1. The Balaban J connectivity index is 2.54. The van der Waals surface area contributed by atoms with Gasteiger partial charge in [0.05, 0.1) is 10.6 Å². The third-order valence-electron chi connectivity index (χ3n) is 3.07. The van der Waals surface area contributed by atoms with Crippen LogP contribution in [0.3, 0.4) is 0 Å². The quantitative estimate of drug-likeness (QED) is 0.748. The highest BCUT2D eigenvalue weighted by molar-refractivity contribution is 7.90. The Bertz CT molecular complexity index is 538. The lowest BCUT2D eigenvalue weighted by atomic mass is 10.1. The van der Waals surface area contributed by atoms with Crippen LogP contribution in [0.4, 0.5) is 5.69 Å². The van der Waals surface area contributed by atoms with Crippen LogP contribution in [0.2, 0.25) is 0 Å². The smallest absolute Gasteiger partial charge is 0.224 e. The van der Waals surface area contributed by atoms with Crippen LogP contribution in [-0.4, -0.2) is 20.6 Å². The number of unbranched alkanes of at least 4 members (excludes halogenated alkanes) is 4. The van der Waals surface area contributed by atoms with Gasteiger partial charge in [0.25, 0.3) is 0 Å². The zero-order valence-electron chi connectivity index (χ0n) is 12.2. The van der Waals surface area contributed by atoms with Gasteiger partial charge in [-0.25, -0.2) is 8.42 Å². The maximum absolute atomic E-state index is 11.8. The van der Waals surface area contributed by atoms with Crippen LogP contribution in [0.5, 0.6) is 0 Å². The van der Waals surface area contributed by atoms with E-state index >= 15 is 0 Å². The number of rotatable bonds is 8. The Kier molecular flexibility index (Phi) is 6.71. The van der Waals surface area contributed by atoms with Crippen molar-refractivity contribution in [3.8, 4) is 0 Å². The fourth-order valence-electron chi connectivity index (χ4n) is 2.00. The second kappa shape index (κ2) is 8.04. The van der Waals surface area contributed by atoms with E-state index in [2.05, 4.69) is 12.2 Å². The Labute approximate surface area is 121 Å². The van der Waals surface area contributed by atoms with E-state index in [1.165, 1.54) is 18.9 Å². The van der Waals surface area contributed by atoms with E-state index in [4.69, 9.17) is 0 Å². The van der Waals surface area contributed by atoms with Crippen LogP contribution in [0.25, 0.3) is 0 Å². The maximum atomic E-state index is 11.8. The average molecular weight is 297 g/mol. The van der Waals surface area contributed by atoms with E-state index in [0.29, 0.717) is 12.1 Å². The lowest BCUT2D eigenvalue weighted by Gasteiger charge is -2.09. The molecule has 5 heteroatoms. The standard InChI is InChI=1S/C15H23NO3S/c1-3-4-5-6-7-12-15(17)16-13-10-8-9-11-14(13)20(2,18)19/h8-11H,3-7,12H2,1-2H3,(H,16,17). The molecular formula is C15H23NO3S. The van der Waals surface area contributed by atoms with E-state index in [0.717, 1.165) is 25.5 Å². The summed E-state index contributed by atoms with van der Waals surface area (Å²) in [6.45, 7) is 2.15. The SMILES string of the molecule is CCCCCCCC(=O)Nc1ccccc1S(C)(=O)=O. The third-order valence-corrected chi connectivity index (χ3v) is 4.22. The Morgan fingerprint density at radius 3 is 2.40 bits per heavy atom. The minimum atomic E-state index is -3.33. The molecular weight excluding hydrogens is 274 g/mol. The number of amides is 1. The van der Waals surface area contributed by atoms with Crippen LogP contribution >= 0.6 is 0 Å². The molecule has 20 heavy (non-hydrogen) atoms. The molecule has 0 saturated carbocycles. The summed E-state index contributed by atoms with van der Waals surface area (Å²) in [6, 6.07) is 6.49. The molecule has 0 fully saturated rings. The first kappa shape index (κ1) is 16.7. The van der Waals surface area contributed by atoms with Gasteiger partial charge >= 0.3 is 0 Å². The predicted molar refractivity (Wildman–Crippen MR) is 81.6 cm³/mol. The number of anilines is 1. The summed E-state index contributed by atoms with van der Waals surface area (Å²) in [5, 5.41) is 2.69. The first-order valence-corrected chi connectivity index (χ1v) is 8.93. The highest BCUT2D eigenvalue weighted by atomic mass is 32.2. The van der Waals surface area contributed by atoms with Gasteiger partial charge in [0, 0.05) is 12.7 Å². The molecule has 0 aliphatic rings. The van der Waals surface area contributed by atoms with Gasteiger partial charge in [0.2, 0.25) is 5.91 Å². The van der Waals surface area contributed by atoms with Crippen LogP contribution < -0.4 is 5.32 Å². The highest BCUT2D eigenvalue weighted by Gasteiger charge is 2.14. The van der Waals surface area contributed by atoms with Gasteiger partial charge in [-0.3, -0.25) is 4.79 Å². The average Bonchev–Trinajstić information content (AvgIpc) is 2.38. The molecule has 1 rings (SSSR count). The molecule has 1 amide bonds. The molecule has 0 aliphatic heterocycles. The van der Waals surface area contributed by atoms with Crippen LogP contribution in [-0.2, 0) is 14.6 Å². The van der Waals surface area contributed by atoms with E-state index in [1.54, 1.807) is 18.2 Å². The number of sulfone groups is 1. The van der Waals surface area contributed by atoms with Crippen molar-refractivity contribution < 1.29 is 13.2 Å². The zero-order chi connectivity index (χ0) is 15.0. The van der Waals surface area contributed by atoms with Gasteiger partial charge in [-0.2, -0.15) is 0 Å². The fraction of sp³-hybridized carbons (Fsp3) is 0.533. The van der Waals surface area contributed by atoms with E-state index < -0.39 is 9.84 Å². The summed E-state index contributed by atoms with van der Waals surface area (Å²) in [5.41, 5.74) is 0.369. The van der Waals surface area contributed by atoms with Gasteiger partial charge in [-0.05, 0) is 18.6 Å². The largest absolute Gasteiger partial charge is 0.325 e. The highest BCUT2D eigenvalue weighted by Crippen LogP contribution is 2.20. The molecule has 112 valence electrons. The van der Waals surface area contributed by atoms with Crippen molar-refractivity contribution in [2.45, 2.75) is 50.3 Å². The van der Waals surface area contributed by atoms with Crippen molar-refractivity contribution in [1.29, 1.82) is 0 Å². The summed E-state index contributed by atoms with van der Waals surface area (Å²) in [5.74, 6) is -0.127. The second-order valence-electron chi connectivity index (χ2n) is 4.98. The molecule has 1 N–H and O–H groups in total. The third kappa shape index (κ3) is 5.74. The molecule has 0 aromatic heterocycles. The van der Waals surface area contributed by atoms with Gasteiger partial charge in [-0.1, -0.05) is 44.7 Å². The molecule has 0 saturated heterocycles. The predicted octanol–water partition coefficient (Wildman–Crippen LogP) is 3.39. The molecule has 4 nitrogen and oxygen atoms in total. The van der Waals surface area contributed by atoms with E-state index in [1.807, 2.05) is 0 Å². The van der Waals surface area contributed by atoms with Crippen LogP contribution in [0, 0.1) is 0 Å². The first-order valence-electron chi connectivity index (χ1n) is 7.04. The number of carbonyl (C=O) groups is 1. The minimum absolute atomic E-state index is 0.127. The van der Waals surface area contributed by atoms with Crippen LogP contribution in [0.15, 0.2) is 29.2 Å². The van der Waals surface area contributed by atoms with Gasteiger partial charge < -0.3 is 5.32 Å². The molecule has 0 spiro atoms. The number of para-hydroxylation sites is 1. The van der Waals surface area contributed by atoms with Crippen LogP contribution in [0.1, 0.15) is 45.4 Å². The molecule has 1 aromatic rings. The minimum Gasteiger partial charge on any atom is -0.325 e. The van der Waals surface area contributed by atoms with Crippen molar-refractivity contribution >= 4 is 21.4 Å². The molecule has 0 unspecified atom stereocenters. The first-order chi connectivity index (χ1) is 9.45. The summed E-state index contributed by atoms with van der Waals surface area (Å²) < 4.78 is 23.2. The Morgan fingerprint density at radius 2 is 1.75 bits per heavy atom. The molecule has 0 bridgehead atoms. The van der Waals surface area contributed by atoms with Crippen molar-refractivity contribution in [1.82, 2.24) is 0 Å². The molecule has 1 aromatic carbocycles. The van der Waals surface area contributed by atoms with Crippen molar-refractivity contribution in [2.24, 2.45) is 0 Å². The second-order valence-corrected chi connectivity index (χ2v) is 6.96. The lowest BCUT2D eigenvalue weighted by Crippen LogP contribution is -2.13. The monoisotopic (exact) mass is 297 g/mol. The fourth-order valence-corrected chi connectivity index (χ4v) is 2.84. The normalized spacial score (nSPS) is 11.3. The molecule has 0 heterocycles. The summed E-state index contributed by atoms with van der Waals surface area (Å²) in [4.78, 5) is 12.0. The summed E-state index contributed by atoms with van der Waals surface area (Å²) in [6.07, 6.45) is 6.96. The maximum Gasteiger partial charge on any atom is 0.224 e. The molecule has 0 radical (unpaired) electrons. The Hall–Kier alpha value is -1.36. The van der Waals surface area contributed by atoms with E-state index in [-0.39, 0.29) is 10.8 Å². The van der Waals surface area contributed by atoms with Crippen molar-refractivity contribution in [2.75, 3.05) is 11.6 Å². The number of hydrogen-bond donors (Lipinski definition) is 1. The summed E-state index contributed by atoms with van der Waals surface area (Å²) >= 11 is 0. The van der Waals surface area contributed by atoms with E-state index in [9.17, 15) is 13.2 Å². The Morgan fingerprint density at radius 1 is 1.10 bits per heavy atom. The number of nitrogens with one attached hydrogen (secondary N) is 1. The zero-order valence-corrected chi connectivity index (χ0v) is 13.0. The summed E-state index contributed by atoms with van der Waals surface area (Å²) in [7, 11) is -3.33. The number of carbonyl (C=O) groups excluding carboxylic acids is 1. The molecule has 0 atom stereocenters. The van der Waals surface area contributed by atoms with Crippen molar-refractivity contribution in [3.63, 3.8) is 0 Å². The number of hydrogen-bond acceptors (Lipinski definition) is 3.